The van der Waals surface area contributed by atoms with Crippen LogP contribution in [0.1, 0.15) is 0 Å². The van der Waals surface area contributed by atoms with E-state index in [0.717, 1.165) is 55.8 Å². The van der Waals surface area contributed by atoms with E-state index in [4.69, 9.17) is 4.42 Å². The Morgan fingerprint density at radius 1 is 0.396 bits per heavy atom. The molecule has 0 spiro atoms. The lowest BCUT2D eigenvalue weighted by atomic mass is 9.98. The molecule has 11 rings (SSSR count). The average Bonchev–Trinajstić information content (AvgIpc) is 3.78. The smallest absolute Gasteiger partial charge is 0.136 e. The summed E-state index contributed by atoms with van der Waals surface area (Å²) in [7, 11) is 0. The van der Waals surface area contributed by atoms with E-state index in [1.54, 1.807) is 0 Å². The first kappa shape index (κ1) is 29.6. The number of fused-ring (bicyclic) bond motifs is 9. The predicted molar refractivity (Wildman–Crippen MR) is 223 cm³/mol. The fourth-order valence-electron chi connectivity index (χ4n) is 8.40. The van der Waals surface area contributed by atoms with E-state index >= 15 is 0 Å². The van der Waals surface area contributed by atoms with E-state index in [0.29, 0.717) is 0 Å². The average molecular weight is 677 g/mol. The Bertz CT molecular complexity index is 3170. The van der Waals surface area contributed by atoms with Crippen molar-refractivity contribution in [3.63, 3.8) is 0 Å². The molecule has 0 fully saturated rings. The van der Waals surface area contributed by atoms with E-state index in [1.165, 1.54) is 43.4 Å². The van der Waals surface area contributed by atoms with E-state index < -0.39 is 0 Å². The van der Waals surface area contributed by atoms with Crippen LogP contribution in [0.2, 0.25) is 0 Å². The molecule has 3 heteroatoms. The molecule has 0 atom stereocenters. The molecule has 9 aromatic carbocycles. The Morgan fingerprint density at radius 2 is 1.04 bits per heavy atom. The van der Waals surface area contributed by atoms with Crippen LogP contribution in [-0.2, 0) is 0 Å². The van der Waals surface area contributed by atoms with Crippen LogP contribution < -0.4 is 4.90 Å². The monoisotopic (exact) mass is 676 g/mol. The SMILES string of the molecule is c1ccc(-n2c3ccccc3c3c(N(c4ccc(-c5cccc6oc7ccccc7c56)cc4)c4ccc5ccc6ccccc6c5c4)cccc32)cc1. The standard InChI is InChI=1S/C50H32N2O/c1-2-13-36(14-3-1)52-44-19-8-6-16-41(44)50-45(20-11-21-46(50)52)51(38-31-28-35-25-24-33-12-4-5-15-39(33)43(35)32-38)37-29-26-34(27-30-37)40-18-10-23-48-49(40)42-17-7-9-22-47(42)53-48/h1-32H. The molecule has 248 valence electrons. The molecule has 0 radical (unpaired) electrons. The van der Waals surface area contributed by atoms with Crippen molar-refractivity contribution in [1.29, 1.82) is 0 Å². The van der Waals surface area contributed by atoms with Crippen molar-refractivity contribution >= 4 is 82.4 Å². The van der Waals surface area contributed by atoms with Gasteiger partial charge in [0.25, 0.3) is 0 Å². The van der Waals surface area contributed by atoms with Crippen molar-refractivity contribution in [2.75, 3.05) is 4.90 Å². The normalized spacial score (nSPS) is 11.8. The molecule has 2 heterocycles. The van der Waals surface area contributed by atoms with E-state index in [-0.39, 0.29) is 0 Å². The van der Waals surface area contributed by atoms with Crippen LogP contribution in [0.15, 0.2) is 199 Å². The Kier molecular flexibility index (Phi) is 6.55. The Hall–Kier alpha value is -7.10. The van der Waals surface area contributed by atoms with Crippen LogP contribution in [0, 0.1) is 0 Å². The summed E-state index contributed by atoms with van der Waals surface area (Å²) < 4.78 is 8.65. The third kappa shape index (κ3) is 4.61. The molecule has 0 aliphatic rings. The van der Waals surface area contributed by atoms with Gasteiger partial charge in [-0.15, -0.1) is 0 Å². The van der Waals surface area contributed by atoms with E-state index in [9.17, 15) is 0 Å². The first-order chi connectivity index (χ1) is 26.3. The van der Waals surface area contributed by atoms with Gasteiger partial charge in [-0.1, -0.05) is 127 Å². The molecule has 0 saturated heterocycles. The van der Waals surface area contributed by atoms with Gasteiger partial charge in [-0.05, 0) is 99.4 Å². The summed E-state index contributed by atoms with van der Waals surface area (Å²) in [6, 6.07) is 69.8. The lowest BCUT2D eigenvalue weighted by Crippen LogP contribution is -2.10. The summed E-state index contributed by atoms with van der Waals surface area (Å²) >= 11 is 0. The second kappa shape index (κ2) is 11.7. The first-order valence-corrected chi connectivity index (χ1v) is 18.1. The second-order valence-corrected chi connectivity index (χ2v) is 13.7. The molecule has 0 aliphatic heterocycles. The summed E-state index contributed by atoms with van der Waals surface area (Å²) in [5.41, 5.74) is 10.9. The number of aromatic nitrogens is 1. The number of para-hydroxylation sites is 3. The lowest BCUT2D eigenvalue weighted by molar-refractivity contribution is 0.669. The number of furan rings is 1. The maximum Gasteiger partial charge on any atom is 0.136 e. The molecule has 3 nitrogen and oxygen atoms in total. The minimum Gasteiger partial charge on any atom is -0.456 e. The number of anilines is 3. The van der Waals surface area contributed by atoms with Crippen molar-refractivity contribution in [3.05, 3.63) is 194 Å². The third-order valence-corrected chi connectivity index (χ3v) is 10.8. The first-order valence-electron chi connectivity index (χ1n) is 18.1. The van der Waals surface area contributed by atoms with Crippen LogP contribution in [-0.4, -0.2) is 4.57 Å². The van der Waals surface area contributed by atoms with Crippen molar-refractivity contribution in [1.82, 2.24) is 4.57 Å². The molecule has 0 amide bonds. The molecule has 11 aromatic rings. The molecule has 0 unspecified atom stereocenters. The zero-order valence-corrected chi connectivity index (χ0v) is 28.8. The van der Waals surface area contributed by atoms with Crippen molar-refractivity contribution < 1.29 is 4.42 Å². The summed E-state index contributed by atoms with van der Waals surface area (Å²) in [6.45, 7) is 0. The molecule has 0 N–H and O–H groups in total. The van der Waals surface area contributed by atoms with Gasteiger partial charge in [0.2, 0.25) is 0 Å². The van der Waals surface area contributed by atoms with Crippen LogP contribution >= 0.6 is 0 Å². The molecular formula is C50H32N2O. The number of rotatable bonds is 5. The highest BCUT2D eigenvalue weighted by atomic mass is 16.3. The maximum atomic E-state index is 6.26. The summed E-state index contributed by atoms with van der Waals surface area (Å²) in [4.78, 5) is 2.43. The fourth-order valence-corrected chi connectivity index (χ4v) is 8.40. The Morgan fingerprint density at radius 3 is 1.91 bits per heavy atom. The summed E-state index contributed by atoms with van der Waals surface area (Å²) in [6.07, 6.45) is 0. The van der Waals surface area contributed by atoms with Crippen LogP contribution in [0.3, 0.4) is 0 Å². The third-order valence-electron chi connectivity index (χ3n) is 10.8. The lowest BCUT2D eigenvalue weighted by Gasteiger charge is -2.27. The number of nitrogens with zero attached hydrogens (tertiary/aromatic N) is 2. The van der Waals surface area contributed by atoms with Gasteiger partial charge in [-0.2, -0.15) is 0 Å². The van der Waals surface area contributed by atoms with Gasteiger partial charge in [0.15, 0.2) is 0 Å². The van der Waals surface area contributed by atoms with Crippen LogP contribution in [0.5, 0.6) is 0 Å². The largest absolute Gasteiger partial charge is 0.456 e. The van der Waals surface area contributed by atoms with Gasteiger partial charge in [0.1, 0.15) is 11.2 Å². The van der Waals surface area contributed by atoms with Gasteiger partial charge in [0, 0.05) is 38.6 Å². The summed E-state index contributed by atoms with van der Waals surface area (Å²) in [5.74, 6) is 0. The zero-order valence-electron chi connectivity index (χ0n) is 28.8. The summed E-state index contributed by atoms with van der Waals surface area (Å²) in [5, 5.41) is 9.66. The van der Waals surface area contributed by atoms with Gasteiger partial charge in [-0.25, -0.2) is 0 Å². The number of hydrogen-bond donors (Lipinski definition) is 0. The van der Waals surface area contributed by atoms with Crippen molar-refractivity contribution in [2.24, 2.45) is 0 Å². The van der Waals surface area contributed by atoms with Crippen LogP contribution in [0.25, 0.3) is 82.1 Å². The van der Waals surface area contributed by atoms with Gasteiger partial charge in [0.05, 0.1) is 16.7 Å². The Labute approximate surface area is 306 Å². The van der Waals surface area contributed by atoms with Gasteiger partial charge in [-0.3, -0.25) is 0 Å². The molecule has 0 saturated carbocycles. The van der Waals surface area contributed by atoms with E-state index in [2.05, 4.69) is 191 Å². The molecule has 2 aromatic heterocycles. The maximum absolute atomic E-state index is 6.26. The van der Waals surface area contributed by atoms with Gasteiger partial charge < -0.3 is 13.9 Å². The van der Waals surface area contributed by atoms with Crippen molar-refractivity contribution in [2.45, 2.75) is 0 Å². The quantitative estimate of drug-likeness (QED) is 0.169. The minimum atomic E-state index is 0.902. The zero-order chi connectivity index (χ0) is 34.9. The van der Waals surface area contributed by atoms with Gasteiger partial charge >= 0.3 is 0 Å². The van der Waals surface area contributed by atoms with Crippen LogP contribution in [0.4, 0.5) is 17.1 Å². The second-order valence-electron chi connectivity index (χ2n) is 13.7. The highest BCUT2D eigenvalue weighted by Crippen LogP contribution is 2.45. The highest BCUT2D eigenvalue weighted by Gasteiger charge is 2.22. The molecule has 53 heavy (non-hydrogen) atoms. The highest BCUT2D eigenvalue weighted by molar-refractivity contribution is 6.17. The number of hydrogen-bond acceptors (Lipinski definition) is 2. The number of benzene rings is 9. The molecule has 0 bridgehead atoms. The Balaban J connectivity index is 1.16. The fraction of sp³-hybridized carbons (Fsp3) is 0. The van der Waals surface area contributed by atoms with Crippen molar-refractivity contribution in [3.8, 4) is 16.8 Å². The predicted octanol–water partition coefficient (Wildman–Crippen LogP) is 14.1. The molecule has 0 aliphatic carbocycles. The molecular weight excluding hydrogens is 645 g/mol. The minimum absolute atomic E-state index is 0.902. The topological polar surface area (TPSA) is 21.3 Å². The van der Waals surface area contributed by atoms with E-state index in [1.807, 2.05) is 12.1 Å².